The molecule has 0 aliphatic heterocycles. The van der Waals surface area contributed by atoms with Crippen molar-refractivity contribution in [2.75, 3.05) is 5.33 Å². The fourth-order valence-corrected chi connectivity index (χ4v) is 2.46. The van der Waals surface area contributed by atoms with Crippen LogP contribution in [0.25, 0.3) is 0 Å². The first-order valence-electron chi connectivity index (χ1n) is 6.22. The molecule has 0 fully saturated rings. The maximum Gasteiger partial charge on any atom is 0.123 e. The van der Waals surface area contributed by atoms with Gasteiger partial charge in [-0.2, -0.15) is 0 Å². The van der Waals surface area contributed by atoms with Crippen molar-refractivity contribution >= 4 is 15.9 Å². The van der Waals surface area contributed by atoms with Gasteiger partial charge >= 0.3 is 0 Å². The van der Waals surface area contributed by atoms with Crippen molar-refractivity contribution in [3.8, 4) is 0 Å². The Balaban J connectivity index is 2.09. The Kier molecular flexibility index (Phi) is 5.11. The van der Waals surface area contributed by atoms with E-state index < -0.39 is 0 Å². The molecule has 0 aromatic heterocycles. The van der Waals surface area contributed by atoms with Crippen LogP contribution in [0.1, 0.15) is 30.3 Å². The van der Waals surface area contributed by atoms with Crippen LogP contribution in [0.3, 0.4) is 0 Å². The third-order valence-corrected chi connectivity index (χ3v) is 3.61. The molecule has 0 heterocycles. The Morgan fingerprint density at radius 3 is 2.21 bits per heavy atom. The fourth-order valence-electron chi connectivity index (χ4n) is 1.93. The lowest BCUT2D eigenvalue weighted by Gasteiger charge is -2.21. The molecule has 2 aromatic carbocycles. The van der Waals surface area contributed by atoms with Gasteiger partial charge in [0.2, 0.25) is 0 Å². The molecule has 100 valence electrons. The van der Waals surface area contributed by atoms with Gasteiger partial charge in [0, 0.05) is 5.33 Å². The minimum atomic E-state index is -0.229. The number of hydrogen-bond acceptors (Lipinski definition) is 1. The van der Waals surface area contributed by atoms with Crippen LogP contribution in [0.2, 0.25) is 0 Å². The molecular weight excluding hydrogens is 307 g/mol. The topological polar surface area (TPSA) is 9.23 Å². The quantitative estimate of drug-likeness (QED) is 0.701. The molecular formula is C16H16BrFO. The number of ether oxygens (including phenoxy) is 1. The highest BCUT2D eigenvalue weighted by Crippen LogP contribution is 2.27. The van der Waals surface area contributed by atoms with Gasteiger partial charge in [0.25, 0.3) is 0 Å². The van der Waals surface area contributed by atoms with E-state index in [4.69, 9.17) is 4.74 Å². The number of alkyl halides is 1. The second-order valence-corrected chi connectivity index (χ2v) is 5.03. The van der Waals surface area contributed by atoms with Gasteiger partial charge in [-0.15, -0.1) is 0 Å². The first-order chi connectivity index (χ1) is 9.20. The van der Waals surface area contributed by atoms with Crippen LogP contribution in [0, 0.1) is 5.82 Å². The minimum absolute atomic E-state index is 0.00574. The summed E-state index contributed by atoms with van der Waals surface area (Å²) in [6.45, 7) is 2.02. The third kappa shape index (κ3) is 3.88. The Hall–Kier alpha value is -1.19. The molecule has 1 nitrogen and oxygen atoms in total. The van der Waals surface area contributed by atoms with Crippen molar-refractivity contribution in [3.63, 3.8) is 0 Å². The maximum absolute atomic E-state index is 12.9. The van der Waals surface area contributed by atoms with Crippen LogP contribution < -0.4 is 0 Å². The monoisotopic (exact) mass is 322 g/mol. The van der Waals surface area contributed by atoms with Crippen LogP contribution >= 0.6 is 15.9 Å². The van der Waals surface area contributed by atoms with Crippen LogP contribution in [0.15, 0.2) is 54.6 Å². The Bertz CT molecular complexity index is 498. The van der Waals surface area contributed by atoms with Crippen molar-refractivity contribution in [2.45, 2.75) is 19.1 Å². The summed E-state index contributed by atoms with van der Waals surface area (Å²) < 4.78 is 19.0. The Morgan fingerprint density at radius 1 is 1.00 bits per heavy atom. The first kappa shape index (κ1) is 14.2. The zero-order chi connectivity index (χ0) is 13.7. The predicted molar refractivity (Wildman–Crippen MR) is 78.9 cm³/mol. The van der Waals surface area contributed by atoms with Gasteiger partial charge in [0.1, 0.15) is 5.82 Å². The molecule has 0 amide bonds. The van der Waals surface area contributed by atoms with Gasteiger partial charge in [-0.05, 0) is 30.2 Å². The lowest BCUT2D eigenvalue weighted by atomic mass is 10.1. The summed E-state index contributed by atoms with van der Waals surface area (Å²) in [6.07, 6.45) is -0.0930. The van der Waals surface area contributed by atoms with Crippen molar-refractivity contribution in [1.29, 1.82) is 0 Å². The van der Waals surface area contributed by atoms with E-state index in [1.165, 1.54) is 12.1 Å². The summed E-state index contributed by atoms with van der Waals surface area (Å²) in [5.41, 5.74) is 2.11. The zero-order valence-corrected chi connectivity index (χ0v) is 12.3. The average molecular weight is 323 g/mol. The highest BCUT2D eigenvalue weighted by atomic mass is 79.9. The molecule has 0 aliphatic carbocycles. The first-order valence-corrected chi connectivity index (χ1v) is 7.34. The summed E-state index contributed by atoms with van der Waals surface area (Å²) in [5, 5.41) is 0.676. The minimum Gasteiger partial charge on any atom is -0.365 e. The van der Waals surface area contributed by atoms with Crippen molar-refractivity contribution in [1.82, 2.24) is 0 Å². The number of halogens is 2. The zero-order valence-electron chi connectivity index (χ0n) is 10.7. The van der Waals surface area contributed by atoms with Crippen LogP contribution in [0.5, 0.6) is 0 Å². The number of rotatable bonds is 5. The highest BCUT2D eigenvalue weighted by Gasteiger charge is 2.15. The van der Waals surface area contributed by atoms with Crippen molar-refractivity contribution < 1.29 is 9.13 Å². The fraction of sp³-hybridized carbons (Fsp3) is 0.250. The molecule has 2 aromatic rings. The van der Waals surface area contributed by atoms with Gasteiger partial charge in [-0.1, -0.05) is 58.4 Å². The lowest BCUT2D eigenvalue weighted by molar-refractivity contribution is 0.00929. The summed E-state index contributed by atoms with van der Waals surface area (Å²) >= 11 is 3.45. The Morgan fingerprint density at radius 2 is 1.63 bits per heavy atom. The normalized spacial score (nSPS) is 14.1. The second-order valence-electron chi connectivity index (χ2n) is 4.38. The van der Waals surface area contributed by atoms with E-state index in [1.807, 2.05) is 37.3 Å². The van der Waals surface area contributed by atoms with E-state index >= 15 is 0 Å². The molecule has 19 heavy (non-hydrogen) atoms. The van der Waals surface area contributed by atoms with Crippen LogP contribution in [0.4, 0.5) is 4.39 Å². The van der Waals surface area contributed by atoms with Gasteiger partial charge in [0.05, 0.1) is 12.2 Å². The SMILES string of the molecule is CC(OC(CBr)c1ccc(F)cc1)c1ccccc1. The second kappa shape index (κ2) is 6.83. The molecule has 0 radical (unpaired) electrons. The Labute approximate surface area is 121 Å². The van der Waals surface area contributed by atoms with Gasteiger partial charge in [-0.3, -0.25) is 0 Å². The molecule has 0 spiro atoms. The average Bonchev–Trinajstić information content (AvgIpc) is 2.46. The van der Waals surface area contributed by atoms with Crippen molar-refractivity contribution in [3.05, 3.63) is 71.5 Å². The van der Waals surface area contributed by atoms with Gasteiger partial charge < -0.3 is 4.74 Å². The standard InChI is InChI=1S/C16H16BrFO/c1-12(13-5-3-2-4-6-13)19-16(11-17)14-7-9-15(18)10-8-14/h2-10,12,16H,11H2,1H3. The molecule has 0 aliphatic rings. The molecule has 0 bridgehead atoms. The molecule has 3 heteroatoms. The van der Waals surface area contributed by atoms with Gasteiger partial charge in [0.15, 0.2) is 0 Å². The summed E-state index contributed by atoms with van der Waals surface area (Å²) in [5.74, 6) is -0.229. The van der Waals surface area contributed by atoms with E-state index in [-0.39, 0.29) is 18.0 Å². The number of benzene rings is 2. The summed E-state index contributed by atoms with van der Waals surface area (Å²) in [4.78, 5) is 0. The lowest BCUT2D eigenvalue weighted by Crippen LogP contribution is -2.09. The largest absolute Gasteiger partial charge is 0.365 e. The smallest absolute Gasteiger partial charge is 0.123 e. The summed E-state index contributed by atoms with van der Waals surface area (Å²) in [6, 6.07) is 16.5. The molecule has 2 rings (SSSR count). The highest BCUT2D eigenvalue weighted by molar-refractivity contribution is 9.09. The summed E-state index contributed by atoms with van der Waals surface area (Å²) in [7, 11) is 0. The van der Waals surface area contributed by atoms with E-state index in [0.717, 1.165) is 11.1 Å². The van der Waals surface area contributed by atoms with E-state index in [2.05, 4.69) is 15.9 Å². The number of hydrogen-bond donors (Lipinski definition) is 0. The molecule has 2 atom stereocenters. The van der Waals surface area contributed by atoms with E-state index in [9.17, 15) is 4.39 Å². The van der Waals surface area contributed by atoms with E-state index in [1.54, 1.807) is 12.1 Å². The predicted octanol–water partition coefficient (Wildman–Crippen LogP) is 5.04. The van der Waals surface area contributed by atoms with E-state index in [0.29, 0.717) is 5.33 Å². The van der Waals surface area contributed by atoms with Crippen molar-refractivity contribution in [2.24, 2.45) is 0 Å². The molecule has 0 saturated heterocycles. The third-order valence-electron chi connectivity index (χ3n) is 3.02. The molecule has 2 unspecified atom stereocenters. The van der Waals surface area contributed by atoms with Crippen LogP contribution in [-0.2, 0) is 4.74 Å². The maximum atomic E-state index is 12.9. The van der Waals surface area contributed by atoms with Gasteiger partial charge in [-0.25, -0.2) is 4.39 Å². The molecule has 0 saturated carbocycles. The molecule has 0 N–H and O–H groups in total. The van der Waals surface area contributed by atoms with Crippen LogP contribution in [-0.4, -0.2) is 5.33 Å².